The third-order valence-electron chi connectivity index (χ3n) is 7.58. The van der Waals surface area contributed by atoms with E-state index in [-0.39, 0.29) is 17.2 Å². The Morgan fingerprint density at radius 1 is 1.06 bits per heavy atom. The minimum atomic E-state index is -1.27. The quantitative estimate of drug-likeness (QED) is 0.262. The van der Waals surface area contributed by atoms with E-state index < -0.39 is 19.0 Å². The molecule has 1 amide bonds. The fraction of sp³-hybridized carbons (Fsp3) is 0.680. The van der Waals surface area contributed by atoms with E-state index in [1.54, 1.807) is 12.1 Å². The lowest BCUT2D eigenvalue weighted by atomic mass is 9.72. The van der Waals surface area contributed by atoms with E-state index in [0.717, 1.165) is 38.9 Å². The summed E-state index contributed by atoms with van der Waals surface area (Å²) in [5, 5.41) is 29.9. The highest BCUT2D eigenvalue weighted by Gasteiger charge is 2.38. The predicted molar refractivity (Wildman–Crippen MR) is 131 cm³/mol. The van der Waals surface area contributed by atoms with Gasteiger partial charge in [0, 0.05) is 25.6 Å². The van der Waals surface area contributed by atoms with Crippen LogP contribution in [-0.4, -0.2) is 60.7 Å². The molecule has 9 heteroatoms. The molecule has 2 aliphatic carbocycles. The zero-order chi connectivity index (χ0) is 23.9. The Morgan fingerprint density at radius 3 is 2.65 bits per heavy atom. The summed E-state index contributed by atoms with van der Waals surface area (Å²) in [5.41, 5.74) is 0.708. The average molecular weight is 471 g/mol. The SMILES string of the molecule is O=C(CC1CCCC(CNCCNC2CCCC2)C1)N[C@H]1Cc2cccc(C(=O)O)c2OB1O. The number of carbonyl (C=O) groups is 2. The molecule has 3 atom stereocenters. The molecule has 0 saturated heterocycles. The third-order valence-corrected chi connectivity index (χ3v) is 7.58. The summed E-state index contributed by atoms with van der Waals surface area (Å²) < 4.78 is 5.49. The van der Waals surface area contributed by atoms with Crippen molar-refractivity contribution < 1.29 is 24.4 Å². The number of para-hydroxylation sites is 1. The number of hydrogen-bond donors (Lipinski definition) is 5. The summed E-state index contributed by atoms with van der Waals surface area (Å²) in [6.45, 7) is 3.01. The Hall–Kier alpha value is -2.10. The largest absolute Gasteiger partial charge is 0.547 e. The maximum absolute atomic E-state index is 12.7. The van der Waals surface area contributed by atoms with Crippen molar-refractivity contribution in [2.24, 2.45) is 11.8 Å². The second kappa shape index (κ2) is 12.0. The minimum absolute atomic E-state index is 0.0255. The van der Waals surface area contributed by atoms with Crippen molar-refractivity contribution >= 4 is 19.0 Å². The third kappa shape index (κ3) is 6.74. The van der Waals surface area contributed by atoms with Gasteiger partial charge in [0.15, 0.2) is 0 Å². The fourth-order valence-electron chi connectivity index (χ4n) is 5.82. The molecular formula is C25H38BN3O5. The second-order valence-electron chi connectivity index (χ2n) is 10.2. The smallest absolute Gasteiger partial charge is 0.534 e. The van der Waals surface area contributed by atoms with E-state index in [4.69, 9.17) is 4.65 Å². The van der Waals surface area contributed by atoms with E-state index in [0.29, 0.717) is 36.3 Å². The fourth-order valence-corrected chi connectivity index (χ4v) is 5.82. The lowest BCUT2D eigenvalue weighted by Crippen LogP contribution is -2.53. The molecule has 1 aliphatic heterocycles. The topological polar surface area (TPSA) is 120 Å². The first-order chi connectivity index (χ1) is 16.5. The molecule has 186 valence electrons. The highest BCUT2D eigenvalue weighted by molar-refractivity contribution is 6.47. The van der Waals surface area contributed by atoms with E-state index in [1.807, 2.05) is 0 Å². The van der Waals surface area contributed by atoms with Crippen LogP contribution in [0.1, 0.15) is 73.7 Å². The zero-order valence-electron chi connectivity index (χ0n) is 19.9. The first-order valence-corrected chi connectivity index (χ1v) is 12.9. The zero-order valence-corrected chi connectivity index (χ0v) is 19.9. The van der Waals surface area contributed by atoms with Gasteiger partial charge >= 0.3 is 13.1 Å². The Kier molecular flexibility index (Phi) is 8.86. The molecule has 8 nitrogen and oxygen atoms in total. The maximum atomic E-state index is 12.7. The highest BCUT2D eigenvalue weighted by atomic mass is 16.5. The van der Waals surface area contributed by atoms with Gasteiger partial charge in [0.2, 0.25) is 5.91 Å². The monoisotopic (exact) mass is 471 g/mol. The van der Waals surface area contributed by atoms with Crippen LogP contribution < -0.4 is 20.6 Å². The summed E-state index contributed by atoms with van der Waals surface area (Å²) in [6.07, 6.45) is 10.6. The molecule has 1 aromatic rings. The van der Waals surface area contributed by atoms with Crippen LogP contribution in [0.4, 0.5) is 0 Å². The summed E-state index contributed by atoms with van der Waals surface area (Å²) >= 11 is 0. The summed E-state index contributed by atoms with van der Waals surface area (Å²) in [4.78, 5) is 24.1. The van der Waals surface area contributed by atoms with Crippen molar-refractivity contribution in [2.75, 3.05) is 19.6 Å². The molecule has 2 saturated carbocycles. The Labute approximate surface area is 202 Å². The van der Waals surface area contributed by atoms with Crippen molar-refractivity contribution in [3.63, 3.8) is 0 Å². The molecule has 3 aliphatic rings. The van der Waals surface area contributed by atoms with Crippen molar-refractivity contribution in [2.45, 2.75) is 76.2 Å². The molecule has 4 rings (SSSR count). The van der Waals surface area contributed by atoms with Gasteiger partial charge in [0.1, 0.15) is 5.75 Å². The van der Waals surface area contributed by atoms with Crippen molar-refractivity contribution in [3.8, 4) is 5.75 Å². The van der Waals surface area contributed by atoms with E-state index >= 15 is 0 Å². The molecule has 2 unspecified atom stereocenters. The molecule has 0 bridgehead atoms. The standard InChI is InChI=1S/C25H38BN3O5/c30-23(29-22-15-19-7-4-10-21(25(31)32)24(19)34-26(22)33)14-17-5-3-6-18(13-17)16-27-11-12-28-20-8-1-2-9-20/h4,7,10,17-18,20,22,27-28,33H,1-3,5-6,8-9,11-16H2,(H,29,30)(H,31,32)/t17?,18?,22-/m0/s1. The Balaban J connectivity index is 1.18. The van der Waals surface area contributed by atoms with Crippen LogP contribution in [0.3, 0.4) is 0 Å². The predicted octanol–water partition coefficient (Wildman–Crippen LogP) is 2.14. The van der Waals surface area contributed by atoms with Gasteiger partial charge in [-0.3, -0.25) is 4.79 Å². The highest BCUT2D eigenvalue weighted by Crippen LogP contribution is 2.32. The Bertz CT molecular complexity index is 848. The van der Waals surface area contributed by atoms with Gasteiger partial charge in [0.25, 0.3) is 0 Å². The second-order valence-corrected chi connectivity index (χ2v) is 10.2. The van der Waals surface area contributed by atoms with Crippen LogP contribution >= 0.6 is 0 Å². The van der Waals surface area contributed by atoms with Gasteiger partial charge in [0.05, 0.1) is 11.5 Å². The molecule has 0 radical (unpaired) electrons. The van der Waals surface area contributed by atoms with Crippen molar-refractivity contribution in [1.29, 1.82) is 0 Å². The number of rotatable bonds is 10. The number of benzene rings is 1. The van der Waals surface area contributed by atoms with E-state index in [2.05, 4.69) is 16.0 Å². The van der Waals surface area contributed by atoms with Crippen LogP contribution in [0, 0.1) is 11.8 Å². The molecule has 1 heterocycles. The molecule has 0 aromatic heterocycles. The summed E-state index contributed by atoms with van der Waals surface area (Å²) in [6, 6.07) is 5.59. The molecular weight excluding hydrogens is 433 g/mol. The van der Waals surface area contributed by atoms with Crippen LogP contribution in [0.25, 0.3) is 0 Å². The van der Waals surface area contributed by atoms with E-state index in [1.165, 1.54) is 38.2 Å². The van der Waals surface area contributed by atoms with Gasteiger partial charge in [-0.15, -0.1) is 0 Å². The number of amides is 1. The number of aromatic carboxylic acids is 1. The first-order valence-electron chi connectivity index (χ1n) is 12.9. The first kappa shape index (κ1) is 25.0. The number of fused-ring (bicyclic) bond motifs is 1. The molecule has 2 fully saturated rings. The van der Waals surface area contributed by atoms with Gasteiger partial charge in [-0.2, -0.15) is 0 Å². The average Bonchev–Trinajstić information content (AvgIpc) is 3.33. The Morgan fingerprint density at radius 2 is 1.85 bits per heavy atom. The number of carboxylic acids is 1. The lowest BCUT2D eigenvalue weighted by Gasteiger charge is -2.31. The number of carboxylic acid groups (broad SMARTS) is 1. The summed E-state index contributed by atoms with van der Waals surface area (Å²) in [7, 11) is -1.27. The van der Waals surface area contributed by atoms with E-state index in [9.17, 15) is 19.7 Å². The lowest BCUT2D eigenvalue weighted by molar-refractivity contribution is -0.122. The van der Waals surface area contributed by atoms with Crippen LogP contribution in [0.5, 0.6) is 5.75 Å². The normalized spacial score (nSPS) is 25.0. The molecule has 1 aromatic carbocycles. The van der Waals surface area contributed by atoms with Gasteiger partial charge < -0.3 is 30.7 Å². The molecule has 5 N–H and O–H groups in total. The van der Waals surface area contributed by atoms with Crippen molar-refractivity contribution in [1.82, 2.24) is 16.0 Å². The van der Waals surface area contributed by atoms with Crippen LogP contribution in [0.15, 0.2) is 18.2 Å². The minimum Gasteiger partial charge on any atom is -0.534 e. The maximum Gasteiger partial charge on any atom is 0.547 e. The number of carbonyl (C=O) groups excluding carboxylic acids is 1. The van der Waals surface area contributed by atoms with Crippen molar-refractivity contribution in [3.05, 3.63) is 29.3 Å². The van der Waals surface area contributed by atoms with Crippen LogP contribution in [-0.2, 0) is 11.2 Å². The van der Waals surface area contributed by atoms with Gasteiger partial charge in [-0.25, -0.2) is 4.79 Å². The number of nitrogens with one attached hydrogen (secondary N) is 3. The summed E-state index contributed by atoms with van der Waals surface area (Å²) in [5.74, 6) is -0.623. The van der Waals surface area contributed by atoms with Gasteiger partial charge in [-0.05, 0) is 68.5 Å². The molecule has 0 spiro atoms. The molecule has 34 heavy (non-hydrogen) atoms. The van der Waals surface area contributed by atoms with Gasteiger partial charge in [-0.1, -0.05) is 31.4 Å². The van der Waals surface area contributed by atoms with Crippen LogP contribution in [0.2, 0.25) is 0 Å². The number of hydrogen-bond acceptors (Lipinski definition) is 6.